The highest BCUT2D eigenvalue weighted by Gasteiger charge is 2.49. The number of hydrogen-bond donors (Lipinski definition) is 0. The number of hydrogen-bond acceptors (Lipinski definition) is 7. The first kappa shape index (κ1) is 21.4. The molecule has 33 heavy (non-hydrogen) atoms. The molecule has 0 N–H and O–H groups in total. The summed E-state index contributed by atoms with van der Waals surface area (Å²) in [6, 6.07) is 7.77. The molecule has 1 spiro atoms. The summed E-state index contributed by atoms with van der Waals surface area (Å²) in [6.07, 6.45) is 5.33. The average molecular weight is 449 g/mol. The standard InChI is InChI=1S/C24H28N6O3/c1-16-27-21(33-28-16)23(2,3)13-30-14-24(32-22(30)31)8-4-5-18(10-24)12-29-15-26-19-7-6-17(11-25)9-20(19)29/h6-7,9,15,18H,4-5,8,10,12-14H2,1-3H3/t18-,24-/m0/s1. The van der Waals surface area contributed by atoms with Gasteiger partial charge in [-0.3, -0.25) is 0 Å². The number of fused-ring (bicyclic) bond motifs is 1. The predicted octanol–water partition coefficient (Wildman–Crippen LogP) is 3.96. The number of imidazole rings is 1. The minimum atomic E-state index is -0.464. The van der Waals surface area contributed by atoms with Gasteiger partial charge in [-0.2, -0.15) is 10.2 Å². The van der Waals surface area contributed by atoms with E-state index in [-0.39, 0.29) is 6.09 Å². The molecule has 1 aliphatic carbocycles. The molecule has 5 rings (SSSR count). The Morgan fingerprint density at radius 3 is 2.97 bits per heavy atom. The SMILES string of the molecule is Cc1noc(C(C)(C)CN2C[C@@]3(CCC[C@H](Cn4cnc5ccc(C#N)cc54)C3)OC2=O)n1. The van der Waals surface area contributed by atoms with Crippen LogP contribution < -0.4 is 0 Å². The van der Waals surface area contributed by atoms with Crippen molar-refractivity contribution in [3.8, 4) is 6.07 Å². The summed E-state index contributed by atoms with van der Waals surface area (Å²) in [4.78, 5) is 23.5. The Morgan fingerprint density at radius 1 is 1.36 bits per heavy atom. The Kier molecular flexibility index (Phi) is 5.11. The zero-order valence-corrected chi connectivity index (χ0v) is 19.2. The van der Waals surface area contributed by atoms with E-state index < -0.39 is 11.0 Å². The normalized spacial score (nSPS) is 23.3. The Hall–Kier alpha value is -3.41. The van der Waals surface area contributed by atoms with Crippen molar-refractivity contribution in [1.29, 1.82) is 5.26 Å². The second kappa shape index (κ2) is 7.87. The van der Waals surface area contributed by atoms with E-state index in [9.17, 15) is 10.1 Å². The molecule has 2 aromatic heterocycles. The molecule has 1 saturated heterocycles. The molecule has 1 amide bonds. The number of carbonyl (C=O) groups excluding carboxylic acids is 1. The van der Waals surface area contributed by atoms with Crippen molar-refractivity contribution in [2.45, 2.75) is 64.0 Å². The summed E-state index contributed by atoms with van der Waals surface area (Å²) in [7, 11) is 0. The van der Waals surface area contributed by atoms with Crippen molar-refractivity contribution in [3.05, 3.63) is 41.8 Å². The maximum atomic E-state index is 12.8. The second-order valence-electron chi connectivity index (χ2n) is 10.1. The lowest BCUT2D eigenvalue weighted by Gasteiger charge is -2.36. The van der Waals surface area contributed by atoms with Crippen molar-refractivity contribution >= 4 is 17.1 Å². The fourth-order valence-corrected chi connectivity index (χ4v) is 5.32. The minimum absolute atomic E-state index is 0.272. The van der Waals surface area contributed by atoms with Crippen LogP contribution in [0.1, 0.15) is 56.8 Å². The molecule has 1 aliphatic heterocycles. The molecule has 3 heterocycles. The number of nitrogens with zero attached hydrogens (tertiary/aromatic N) is 6. The zero-order valence-electron chi connectivity index (χ0n) is 19.2. The molecule has 2 atom stereocenters. The lowest BCUT2D eigenvalue weighted by atomic mass is 9.77. The van der Waals surface area contributed by atoms with Crippen molar-refractivity contribution in [2.24, 2.45) is 5.92 Å². The van der Waals surface area contributed by atoms with E-state index in [2.05, 4.69) is 25.8 Å². The van der Waals surface area contributed by atoms with Gasteiger partial charge in [-0.05, 0) is 70.6 Å². The van der Waals surface area contributed by atoms with Gasteiger partial charge in [0, 0.05) is 13.1 Å². The molecular weight excluding hydrogens is 420 g/mol. The van der Waals surface area contributed by atoms with Crippen LogP contribution in [0, 0.1) is 24.2 Å². The number of aromatic nitrogens is 4. The Labute approximate surface area is 192 Å². The third-order valence-corrected chi connectivity index (χ3v) is 6.84. The molecule has 3 aromatic rings. The summed E-state index contributed by atoms with van der Waals surface area (Å²) in [5.41, 5.74) is 1.55. The Morgan fingerprint density at radius 2 is 2.21 bits per heavy atom. The van der Waals surface area contributed by atoms with Gasteiger partial charge in [0.05, 0.1) is 41.0 Å². The topological polar surface area (TPSA) is 110 Å². The number of rotatable bonds is 5. The third-order valence-electron chi connectivity index (χ3n) is 6.84. The maximum Gasteiger partial charge on any atom is 0.410 e. The highest BCUT2D eigenvalue weighted by molar-refractivity contribution is 5.77. The second-order valence-corrected chi connectivity index (χ2v) is 10.1. The molecule has 0 bridgehead atoms. The highest BCUT2D eigenvalue weighted by Crippen LogP contribution is 2.41. The first-order chi connectivity index (χ1) is 15.8. The van der Waals surface area contributed by atoms with Crippen LogP contribution >= 0.6 is 0 Å². The Bertz CT molecular complexity index is 1240. The van der Waals surface area contributed by atoms with E-state index in [1.807, 2.05) is 32.3 Å². The first-order valence-corrected chi connectivity index (χ1v) is 11.4. The van der Waals surface area contributed by atoms with Gasteiger partial charge in [0.2, 0.25) is 5.89 Å². The first-order valence-electron chi connectivity index (χ1n) is 11.4. The molecule has 1 aromatic carbocycles. The minimum Gasteiger partial charge on any atom is -0.441 e. The molecule has 172 valence electrons. The van der Waals surface area contributed by atoms with Crippen LogP contribution in [-0.2, 0) is 16.7 Å². The van der Waals surface area contributed by atoms with Crippen LogP contribution in [0.4, 0.5) is 4.79 Å². The molecule has 0 radical (unpaired) electrons. The van der Waals surface area contributed by atoms with Gasteiger partial charge >= 0.3 is 6.09 Å². The number of benzene rings is 1. The number of carbonyl (C=O) groups is 1. The van der Waals surface area contributed by atoms with E-state index in [1.54, 1.807) is 17.9 Å². The summed E-state index contributed by atoms with van der Waals surface area (Å²) < 4.78 is 13.5. The van der Waals surface area contributed by atoms with Gasteiger partial charge in [0.1, 0.15) is 5.60 Å². The van der Waals surface area contributed by atoms with Gasteiger partial charge in [-0.25, -0.2) is 9.78 Å². The largest absolute Gasteiger partial charge is 0.441 e. The van der Waals surface area contributed by atoms with Gasteiger partial charge < -0.3 is 18.7 Å². The summed E-state index contributed by atoms with van der Waals surface area (Å²) in [5.74, 6) is 1.47. The summed E-state index contributed by atoms with van der Waals surface area (Å²) in [6.45, 7) is 7.61. The lowest BCUT2D eigenvalue weighted by molar-refractivity contribution is 0.00413. The van der Waals surface area contributed by atoms with Gasteiger partial charge in [-0.15, -0.1) is 0 Å². The van der Waals surface area contributed by atoms with Gasteiger partial charge in [0.25, 0.3) is 0 Å². The Balaban J connectivity index is 1.29. The van der Waals surface area contributed by atoms with E-state index >= 15 is 0 Å². The molecule has 2 aliphatic rings. The maximum absolute atomic E-state index is 12.8. The van der Waals surface area contributed by atoms with Crippen LogP contribution in [0.3, 0.4) is 0 Å². The molecule has 1 saturated carbocycles. The van der Waals surface area contributed by atoms with Crippen molar-refractivity contribution in [1.82, 2.24) is 24.6 Å². The van der Waals surface area contributed by atoms with Crippen LogP contribution in [0.25, 0.3) is 11.0 Å². The van der Waals surface area contributed by atoms with Crippen LogP contribution in [0.15, 0.2) is 29.0 Å². The highest BCUT2D eigenvalue weighted by atomic mass is 16.6. The smallest absolute Gasteiger partial charge is 0.410 e. The lowest BCUT2D eigenvalue weighted by Crippen LogP contribution is -2.43. The van der Waals surface area contributed by atoms with E-state index in [0.717, 1.165) is 43.3 Å². The van der Waals surface area contributed by atoms with E-state index in [4.69, 9.17) is 9.26 Å². The fourth-order valence-electron chi connectivity index (χ4n) is 5.32. The van der Waals surface area contributed by atoms with E-state index in [1.165, 1.54) is 0 Å². The molecular formula is C24H28N6O3. The quantitative estimate of drug-likeness (QED) is 0.581. The van der Waals surface area contributed by atoms with Gasteiger partial charge in [0.15, 0.2) is 5.82 Å². The molecule has 0 unspecified atom stereocenters. The molecule has 2 fully saturated rings. The number of aryl methyl sites for hydroxylation is 1. The van der Waals surface area contributed by atoms with Gasteiger partial charge in [-0.1, -0.05) is 5.16 Å². The van der Waals surface area contributed by atoms with Crippen molar-refractivity contribution in [2.75, 3.05) is 13.1 Å². The zero-order chi connectivity index (χ0) is 23.2. The third kappa shape index (κ3) is 4.06. The number of amides is 1. The van der Waals surface area contributed by atoms with Crippen LogP contribution in [0.2, 0.25) is 0 Å². The average Bonchev–Trinajstić information content (AvgIpc) is 3.46. The fraction of sp³-hybridized carbons (Fsp3) is 0.542. The van der Waals surface area contributed by atoms with Crippen molar-refractivity contribution < 1.29 is 14.1 Å². The number of nitriles is 1. The van der Waals surface area contributed by atoms with Crippen LogP contribution in [0.5, 0.6) is 0 Å². The summed E-state index contributed by atoms with van der Waals surface area (Å²) >= 11 is 0. The molecule has 9 nitrogen and oxygen atoms in total. The van der Waals surface area contributed by atoms with Crippen molar-refractivity contribution in [3.63, 3.8) is 0 Å². The molecule has 9 heteroatoms. The summed E-state index contributed by atoms with van der Waals surface area (Å²) in [5, 5.41) is 13.1. The predicted molar refractivity (Wildman–Crippen MR) is 119 cm³/mol. The monoisotopic (exact) mass is 448 g/mol. The number of ether oxygens (including phenoxy) is 1. The van der Waals surface area contributed by atoms with E-state index in [0.29, 0.717) is 36.3 Å². The van der Waals surface area contributed by atoms with Crippen LogP contribution in [-0.4, -0.2) is 49.4 Å².